The number of phenolic OH excluding ortho intramolecular Hbond substituents is 1. The van der Waals surface area contributed by atoms with E-state index < -0.39 is 0 Å². The number of rotatable bonds is 11. The van der Waals surface area contributed by atoms with Crippen molar-refractivity contribution in [2.24, 2.45) is 0 Å². The van der Waals surface area contributed by atoms with Gasteiger partial charge in [0.2, 0.25) is 11.8 Å². The molecular weight excluding hydrogens is 424 g/mol. The Hall–Kier alpha value is -2.84. The lowest BCUT2D eigenvalue weighted by molar-refractivity contribution is 0.0953. The molecule has 2 aromatic carbocycles. The smallest absolute Gasteiger partial charge is 0.252 e. The topological polar surface area (TPSA) is 91.5 Å². The monoisotopic (exact) mass is 454 g/mol. The van der Waals surface area contributed by atoms with E-state index in [9.17, 15) is 9.90 Å². The summed E-state index contributed by atoms with van der Waals surface area (Å²) in [4.78, 5) is 14.9. The van der Waals surface area contributed by atoms with Gasteiger partial charge in [0.05, 0.1) is 11.1 Å². The Morgan fingerprint density at radius 1 is 1.12 bits per heavy atom. The van der Waals surface area contributed by atoms with Crippen LogP contribution in [0.4, 0.5) is 0 Å². The Labute approximate surface area is 193 Å². The van der Waals surface area contributed by atoms with Gasteiger partial charge in [0.25, 0.3) is 5.91 Å². The molecule has 0 aliphatic carbocycles. The number of phenols is 1. The number of carbonyl (C=O) groups is 1. The fourth-order valence-corrected chi connectivity index (χ4v) is 4.29. The summed E-state index contributed by atoms with van der Waals surface area (Å²) in [6.45, 7) is 3.64. The average Bonchev–Trinajstić information content (AvgIpc) is 3.27. The molecule has 0 bridgehead atoms. The molecule has 7 nitrogen and oxygen atoms in total. The number of benzene rings is 2. The van der Waals surface area contributed by atoms with Crippen molar-refractivity contribution in [2.45, 2.75) is 25.0 Å². The van der Waals surface area contributed by atoms with Crippen molar-refractivity contribution < 1.29 is 14.3 Å². The maximum Gasteiger partial charge on any atom is 0.252 e. The van der Waals surface area contributed by atoms with Crippen LogP contribution in [0.2, 0.25) is 0 Å². The Balaban J connectivity index is 1.78. The van der Waals surface area contributed by atoms with E-state index in [2.05, 4.69) is 20.4 Å². The van der Waals surface area contributed by atoms with E-state index >= 15 is 0 Å². The highest BCUT2D eigenvalue weighted by Gasteiger charge is 2.25. The second-order valence-corrected chi connectivity index (χ2v) is 9.03. The predicted molar refractivity (Wildman–Crippen MR) is 128 cm³/mol. The third-order valence-electron chi connectivity index (χ3n) is 4.94. The highest BCUT2D eigenvalue weighted by Crippen LogP contribution is 2.39. The van der Waals surface area contributed by atoms with Crippen LogP contribution in [0.15, 0.2) is 52.9 Å². The van der Waals surface area contributed by atoms with Gasteiger partial charge in [-0.05, 0) is 57.4 Å². The molecule has 1 amide bonds. The minimum absolute atomic E-state index is 0.162. The van der Waals surface area contributed by atoms with Gasteiger partial charge in [-0.2, -0.15) is 0 Å². The number of nitrogens with zero attached hydrogens (tertiary/aromatic N) is 3. The highest BCUT2D eigenvalue weighted by molar-refractivity contribution is 7.99. The molecule has 3 aromatic rings. The molecule has 0 aliphatic rings. The van der Waals surface area contributed by atoms with Crippen molar-refractivity contribution in [3.8, 4) is 17.2 Å². The van der Waals surface area contributed by atoms with Crippen LogP contribution in [0.1, 0.15) is 46.8 Å². The molecule has 8 heteroatoms. The van der Waals surface area contributed by atoms with E-state index in [1.165, 1.54) is 0 Å². The zero-order valence-electron chi connectivity index (χ0n) is 18.7. The summed E-state index contributed by atoms with van der Waals surface area (Å²) >= 11 is 1.59. The summed E-state index contributed by atoms with van der Waals surface area (Å²) < 4.78 is 6.01. The molecule has 1 unspecified atom stereocenters. The van der Waals surface area contributed by atoms with Gasteiger partial charge in [-0.3, -0.25) is 4.79 Å². The first-order valence-electron chi connectivity index (χ1n) is 10.8. The zero-order valence-corrected chi connectivity index (χ0v) is 19.6. The minimum Gasteiger partial charge on any atom is -0.508 e. The molecule has 0 aliphatic heterocycles. The van der Waals surface area contributed by atoms with Crippen LogP contribution in [0.25, 0.3) is 11.5 Å². The lowest BCUT2D eigenvalue weighted by atomic mass is 10.1. The van der Waals surface area contributed by atoms with E-state index in [0.717, 1.165) is 30.7 Å². The van der Waals surface area contributed by atoms with E-state index in [1.807, 2.05) is 45.3 Å². The lowest BCUT2D eigenvalue weighted by Crippen LogP contribution is -2.25. The number of carbonyl (C=O) groups excluding carboxylic acids is 1. The second-order valence-electron chi connectivity index (χ2n) is 7.65. The number of thioether (sulfide) groups is 1. The Bertz CT molecular complexity index is 1020. The van der Waals surface area contributed by atoms with Crippen LogP contribution in [0.5, 0.6) is 5.75 Å². The van der Waals surface area contributed by atoms with Gasteiger partial charge in [-0.25, -0.2) is 0 Å². The number of hydrogen-bond donors (Lipinski definition) is 2. The van der Waals surface area contributed by atoms with Crippen molar-refractivity contribution in [1.29, 1.82) is 0 Å². The van der Waals surface area contributed by atoms with Crippen LogP contribution in [0.3, 0.4) is 0 Å². The molecule has 1 heterocycles. The standard InChI is InChI=1S/C24H30N4O3S/c1-4-32-21(19-13-7-8-14-20(19)29)24-27-26-23(31-24)18-12-6-5-11-17(18)22(30)25-15-9-10-16-28(2)3/h5-8,11-14,21,29H,4,9-10,15-16H2,1-3H3,(H,25,30). The highest BCUT2D eigenvalue weighted by atomic mass is 32.2. The molecule has 0 saturated carbocycles. The molecule has 0 spiro atoms. The molecule has 2 N–H and O–H groups in total. The summed E-state index contributed by atoms with van der Waals surface area (Å²) in [7, 11) is 4.08. The maximum atomic E-state index is 12.8. The van der Waals surface area contributed by atoms with Crippen LogP contribution in [-0.4, -0.2) is 59.0 Å². The number of para-hydroxylation sites is 1. The summed E-state index contributed by atoms with van der Waals surface area (Å²) in [6.07, 6.45) is 1.93. The van der Waals surface area contributed by atoms with Crippen LogP contribution in [0, 0.1) is 0 Å². The maximum absolute atomic E-state index is 12.8. The second kappa shape index (κ2) is 11.7. The van der Waals surface area contributed by atoms with Crippen molar-refractivity contribution in [3.05, 3.63) is 65.5 Å². The summed E-state index contributed by atoms with van der Waals surface area (Å²) in [5.74, 6) is 1.52. The molecule has 170 valence electrons. The fourth-order valence-electron chi connectivity index (χ4n) is 3.34. The molecule has 32 heavy (non-hydrogen) atoms. The van der Waals surface area contributed by atoms with Crippen molar-refractivity contribution in [2.75, 3.05) is 32.9 Å². The largest absolute Gasteiger partial charge is 0.508 e. The quantitative estimate of drug-likeness (QED) is 0.416. The number of nitrogens with one attached hydrogen (secondary N) is 1. The van der Waals surface area contributed by atoms with E-state index in [4.69, 9.17) is 4.42 Å². The molecular formula is C24H30N4O3S. The normalized spacial score (nSPS) is 12.1. The zero-order chi connectivity index (χ0) is 22.9. The molecule has 0 saturated heterocycles. The van der Waals surface area contributed by atoms with E-state index in [1.54, 1.807) is 36.0 Å². The first-order chi connectivity index (χ1) is 15.5. The van der Waals surface area contributed by atoms with Crippen LogP contribution < -0.4 is 5.32 Å². The third-order valence-corrected chi connectivity index (χ3v) is 6.06. The number of amides is 1. The van der Waals surface area contributed by atoms with Gasteiger partial charge in [0.15, 0.2) is 0 Å². The third kappa shape index (κ3) is 6.11. The molecule has 1 aromatic heterocycles. The van der Waals surface area contributed by atoms with Gasteiger partial charge in [0, 0.05) is 12.1 Å². The van der Waals surface area contributed by atoms with Crippen molar-refractivity contribution >= 4 is 17.7 Å². The molecule has 0 fully saturated rings. The number of hydrogen-bond acceptors (Lipinski definition) is 7. The first-order valence-corrected chi connectivity index (χ1v) is 11.8. The average molecular weight is 455 g/mol. The molecule has 1 atom stereocenters. The van der Waals surface area contributed by atoms with Gasteiger partial charge >= 0.3 is 0 Å². The van der Waals surface area contributed by atoms with Crippen molar-refractivity contribution in [1.82, 2.24) is 20.4 Å². The van der Waals surface area contributed by atoms with Gasteiger partial charge in [-0.1, -0.05) is 37.3 Å². The SMILES string of the molecule is CCSC(c1nnc(-c2ccccc2C(=O)NCCCCN(C)C)o1)c1ccccc1O. The Kier molecular flexibility index (Phi) is 8.70. The Morgan fingerprint density at radius 3 is 2.62 bits per heavy atom. The summed E-state index contributed by atoms with van der Waals surface area (Å²) in [5.41, 5.74) is 1.81. The van der Waals surface area contributed by atoms with E-state index in [0.29, 0.717) is 23.6 Å². The summed E-state index contributed by atoms with van der Waals surface area (Å²) in [6, 6.07) is 14.4. The number of aromatic hydroxyl groups is 1. The number of unbranched alkanes of at least 4 members (excludes halogenated alkanes) is 1. The molecule has 3 rings (SSSR count). The lowest BCUT2D eigenvalue weighted by Gasteiger charge is -2.13. The van der Waals surface area contributed by atoms with Crippen molar-refractivity contribution in [3.63, 3.8) is 0 Å². The fraction of sp³-hybridized carbons (Fsp3) is 0.375. The van der Waals surface area contributed by atoms with Gasteiger partial charge in [-0.15, -0.1) is 22.0 Å². The van der Waals surface area contributed by atoms with E-state index in [-0.39, 0.29) is 22.8 Å². The molecule has 0 radical (unpaired) electrons. The van der Waals surface area contributed by atoms with Gasteiger partial charge < -0.3 is 19.7 Å². The number of aromatic nitrogens is 2. The first kappa shape index (κ1) is 23.8. The van der Waals surface area contributed by atoms with Crippen LogP contribution >= 0.6 is 11.8 Å². The Morgan fingerprint density at radius 2 is 1.88 bits per heavy atom. The summed E-state index contributed by atoms with van der Waals surface area (Å²) in [5, 5.41) is 21.5. The van der Waals surface area contributed by atoms with Crippen LogP contribution in [-0.2, 0) is 0 Å². The predicted octanol–water partition coefficient (Wildman–Crippen LogP) is 4.36. The minimum atomic E-state index is -0.292. The van der Waals surface area contributed by atoms with Gasteiger partial charge in [0.1, 0.15) is 11.0 Å².